The van der Waals surface area contributed by atoms with Crippen molar-refractivity contribution in [1.82, 2.24) is 5.32 Å². The molecule has 0 atom stereocenters. The van der Waals surface area contributed by atoms with Gasteiger partial charge < -0.3 is 5.32 Å². The second kappa shape index (κ2) is 6.10. The molecule has 108 valence electrons. The molecule has 5 heteroatoms. The molecular formula is C15H19NO3S. The molecule has 0 bridgehead atoms. The number of benzene rings is 1. The fraction of sp³-hybridized carbons (Fsp3) is 0.400. The average Bonchev–Trinajstić information content (AvgIpc) is 2.44. The molecule has 0 saturated heterocycles. The Kier molecular flexibility index (Phi) is 4.96. The van der Waals surface area contributed by atoms with Gasteiger partial charge in [0.05, 0.1) is 4.90 Å². The smallest absolute Gasteiger partial charge is 0.252 e. The zero-order chi connectivity index (χ0) is 15.4. The number of hydrogen-bond acceptors (Lipinski definition) is 3. The highest BCUT2D eigenvalue weighted by atomic mass is 32.2. The predicted molar refractivity (Wildman–Crippen MR) is 79.2 cm³/mol. The van der Waals surface area contributed by atoms with E-state index in [2.05, 4.69) is 11.2 Å². The predicted octanol–water partition coefficient (Wildman–Crippen LogP) is 2.01. The van der Waals surface area contributed by atoms with E-state index in [1.165, 1.54) is 24.3 Å². The molecule has 20 heavy (non-hydrogen) atoms. The number of rotatable bonds is 5. The van der Waals surface area contributed by atoms with Gasteiger partial charge in [-0.25, -0.2) is 8.42 Å². The van der Waals surface area contributed by atoms with Crippen LogP contribution in [-0.4, -0.2) is 26.1 Å². The van der Waals surface area contributed by atoms with Crippen LogP contribution in [0.3, 0.4) is 0 Å². The molecule has 1 aromatic carbocycles. The summed E-state index contributed by atoms with van der Waals surface area (Å²) in [5, 5.41) is 2.83. The van der Waals surface area contributed by atoms with Crippen molar-refractivity contribution in [2.24, 2.45) is 0 Å². The van der Waals surface area contributed by atoms with Crippen molar-refractivity contribution in [3.63, 3.8) is 0 Å². The Hall–Kier alpha value is -1.80. The van der Waals surface area contributed by atoms with E-state index < -0.39 is 15.4 Å². The molecule has 0 fully saturated rings. The summed E-state index contributed by atoms with van der Waals surface area (Å²) in [6.45, 7) is 3.83. The minimum atomic E-state index is -3.26. The lowest BCUT2D eigenvalue weighted by Gasteiger charge is -2.27. The summed E-state index contributed by atoms with van der Waals surface area (Å²) >= 11 is 0. The van der Waals surface area contributed by atoms with E-state index in [-0.39, 0.29) is 10.8 Å². The molecule has 1 rings (SSSR count). The van der Waals surface area contributed by atoms with Gasteiger partial charge in [0.1, 0.15) is 5.54 Å². The number of terminal acetylenes is 1. The minimum Gasteiger partial charge on any atom is -0.336 e. The van der Waals surface area contributed by atoms with E-state index in [0.717, 1.165) is 6.26 Å². The number of sulfone groups is 1. The first-order valence-electron chi connectivity index (χ1n) is 6.38. The number of amides is 1. The van der Waals surface area contributed by atoms with E-state index >= 15 is 0 Å². The van der Waals surface area contributed by atoms with Gasteiger partial charge in [-0.3, -0.25) is 4.79 Å². The molecule has 0 aliphatic carbocycles. The van der Waals surface area contributed by atoms with E-state index in [0.29, 0.717) is 18.4 Å². The molecule has 0 unspecified atom stereocenters. The first-order valence-corrected chi connectivity index (χ1v) is 8.27. The molecule has 0 radical (unpaired) electrons. The SMILES string of the molecule is C#CC(CC)(CC)NC(=O)c1ccc(S(C)(=O)=O)cc1. The maximum absolute atomic E-state index is 12.1. The van der Waals surface area contributed by atoms with Gasteiger partial charge in [-0.1, -0.05) is 19.8 Å². The topological polar surface area (TPSA) is 63.2 Å². The molecule has 0 heterocycles. The van der Waals surface area contributed by atoms with Crippen molar-refractivity contribution in [3.05, 3.63) is 29.8 Å². The maximum Gasteiger partial charge on any atom is 0.252 e. The summed E-state index contributed by atoms with van der Waals surface area (Å²) in [7, 11) is -3.26. The van der Waals surface area contributed by atoms with Crippen LogP contribution in [0.5, 0.6) is 0 Å². The highest BCUT2D eigenvalue weighted by molar-refractivity contribution is 7.90. The summed E-state index contributed by atoms with van der Waals surface area (Å²) in [5.41, 5.74) is -0.272. The number of hydrogen-bond donors (Lipinski definition) is 1. The van der Waals surface area contributed by atoms with Crippen LogP contribution in [0.25, 0.3) is 0 Å². The number of carbonyl (C=O) groups is 1. The Labute approximate surface area is 120 Å². The lowest BCUT2D eigenvalue weighted by molar-refractivity contribution is 0.0916. The van der Waals surface area contributed by atoms with Crippen LogP contribution in [0, 0.1) is 12.3 Å². The van der Waals surface area contributed by atoms with Gasteiger partial charge in [-0.15, -0.1) is 6.42 Å². The third-order valence-corrected chi connectivity index (χ3v) is 4.51. The van der Waals surface area contributed by atoms with Crippen LogP contribution >= 0.6 is 0 Å². The third-order valence-electron chi connectivity index (χ3n) is 3.38. The fourth-order valence-corrected chi connectivity index (χ4v) is 2.44. The van der Waals surface area contributed by atoms with E-state index in [4.69, 9.17) is 6.42 Å². The zero-order valence-electron chi connectivity index (χ0n) is 11.9. The Balaban J connectivity index is 2.97. The van der Waals surface area contributed by atoms with Crippen molar-refractivity contribution in [1.29, 1.82) is 0 Å². The first kappa shape index (κ1) is 16.3. The maximum atomic E-state index is 12.1. The van der Waals surface area contributed by atoms with Crippen LogP contribution < -0.4 is 5.32 Å². The minimum absolute atomic E-state index is 0.184. The standard InChI is InChI=1S/C15H19NO3S/c1-5-15(6-2,7-3)16-14(17)12-8-10-13(11-9-12)20(4,18)19/h1,8-11H,6-7H2,2-4H3,(H,16,17). The quantitative estimate of drug-likeness (QED) is 0.845. The molecule has 0 spiro atoms. The normalized spacial score (nSPS) is 11.7. The Morgan fingerprint density at radius 2 is 1.75 bits per heavy atom. The first-order chi connectivity index (χ1) is 9.28. The van der Waals surface area contributed by atoms with Crippen molar-refractivity contribution in [2.75, 3.05) is 6.26 Å². The molecule has 0 aliphatic heterocycles. The van der Waals surface area contributed by atoms with E-state index in [1.807, 2.05) is 13.8 Å². The lowest BCUT2D eigenvalue weighted by Crippen LogP contribution is -2.46. The monoisotopic (exact) mass is 293 g/mol. The highest BCUT2D eigenvalue weighted by Gasteiger charge is 2.25. The Bertz CT molecular complexity index is 620. The van der Waals surface area contributed by atoms with Crippen LogP contribution in [0.4, 0.5) is 0 Å². The van der Waals surface area contributed by atoms with Gasteiger partial charge in [0.15, 0.2) is 9.84 Å². The van der Waals surface area contributed by atoms with Crippen LogP contribution in [0.15, 0.2) is 29.2 Å². The number of nitrogens with one attached hydrogen (secondary N) is 1. The Morgan fingerprint density at radius 3 is 2.10 bits per heavy atom. The molecule has 4 nitrogen and oxygen atoms in total. The number of carbonyl (C=O) groups excluding carboxylic acids is 1. The Morgan fingerprint density at radius 1 is 1.25 bits per heavy atom. The highest BCUT2D eigenvalue weighted by Crippen LogP contribution is 2.16. The molecule has 1 N–H and O–H groups in total. The van der Waals surface area contributed by atoms with Crippen molar-refractivity contribution in [3.8, 4) is 12.3 Å². The van der Waals surface area contributed by atoms with Crippen LogP contribution in [0.2, 0.25) is 0 Å². The van der Waals surface area contributed by atoms with Crippen LogP contribution in [0.1, 0.15) is 37.0 Å². The van der Waals surface area contributed by atoms with E-state index in [9.17, 15) is 13.2 Å². The zero-order valence-corrected chi connectivity index (χ0v) is 12.8. The summed E-state index contributed by atoms with van der Waals surface area (Å²) < 4.78 is 22.7. The van der Waals surface area contributed by atoms with Crippen molar-refractivity contribution in [2.45, 2.75) is 37.1 Å². The molecule has 0 saturated carbocycles. The van der Waals surface area contributed by atoms with Gasteiger partial charge in [0.2, 0.25) is 0 Å². The van der Waals surface area contributed by atoms with Crippen LogP contribution in [-0.2, 0) is 9.84 Å². The second-order valence-corrected chi connectivity index (χ2v) is 6.70. The van der Waals surface area contributed by atoms with E-state index in [1.54, 1.807) is 0 Å². The van der Waals surface area contributed by atoms with Crippen molar-refractivity contribution < 1.29 is 13.2 Å². The van der Waals surface area contributed by atoms with Gasteiger partial charge in [-0.2, -0.15) is 0 Å². The summed E-state index contributed by atoms with van der Waals surface area (Å²) in [6.07, 6.45) is 7.88. The van der Waals surface area contributed by atoms with Gasteiger partial charge in [-0.05, 0) is 37.1 Å². The second-order valence-electron chi connectivity index (χ2n) is 4.68. The molecular weight excluding hydrogens is 274 g/mol. The lowest BCUT2D eigenvalue weighted by atomic mass is 9.93. The summed E-state index contributed by atoms with van der Waals surface area (Å²) in [6, 6.07) is 5.80. The van der Waals surface area contributed by atoms with Gasteiger partial charge >= 0.3 is 0 Å². The van der Waals surface area contributed by atoms with Gasteiger partial charge in [0.25, 0.3) is 5.91 Å². The largest absolute Gasteiger partial charge is 0.336 e. The fourth-order valence-electron chi connectivity index (χ4n) is 1.81. The summed E-state index contributed by atoms with van der Waals surface area (Å²) in [4.78, 5) is 12.3. The molecule has 1 amide bonds. The van der Waals surface area contributed by atoms with Crippen molar-refractivity contribution >= 4 is 15.7 Å². The van der Waals surface area contributed by atoms with Gasteiger partial charge in [0, 0.05) is 11.8 Å². The average molecular weight is 293 g/mol. The molecule has 0 aliphatic rings. The summed E-state index contributed by atoms with van der Waals surface area (Å²) in [5.74, 6) is 2.32. The third kappa shape index (κ3) is 3.61. The molecule has 0 aromatic heterocycles. The molecule has 1 aromatic rings.